The standard InChI is InChI=1S/C13H19NS2/c1-4-14(5-2)13(15)16-11(3)12-9-7-6-8-10-12/h6-11H,4-5H2,1-3H3. The molecule has 0 aliphatic rings. The molecule has 0 amide bonds. The molecule has 0 aromatic heterocycles. The lowest BCUT2D eigenvalue weighted by Crippen LogP contribution is -2.27. The van der Waals surface area contributed by atoms with Crippen LogP contribution in [0.4, 0.5) is 0 Å². The van der Waals surface area contributed by atoms with E-state index in [-0.39, 0.29) is 0 Å². The van der Waals surface area contributed by atoms with Crippen LogP contribution in [-0.4, -0.2) is 22.3 Å². The van der Waals surface area contributed by atoms with Gasteiger partial charge in [0.25, 0.3) is 0 Å². The van der Waals surface area contributed by atoms with Gasteiger partial charge in [0.05, 0.1) is 0 Å². The third-order valence-corrected chi connectivity index (χ3v) is 4.20. The Morgan fingerprint density at radius 1 is 1.25 bits per heavy atom. The first-order valence-electron chi connectivity index (χ1n) is 5.69. The molecule has 0 saturated carbocycles. The first kappa shape index (κ1) is 13.5. The van der Waals surface area contributed by atoms with Crippen molar-refractivity contribution in [2.75, 3.05) is 13.1 Å². The van der Waals surface area contributed by atoms with Gasteiger partial charge in [0, 0.05) is 18.3 Å². The molecule has 0 bridgehead atoms. The SMILES string of the molecule is CCN(CC)C(=S)SC(C)c1ccccc1. The highest BCUT2D eigenvalue weighted by Gasteiger charge is 2.12. The molecule has 0 aliphatic heterocycles. The van der Waals surface area contributed by atoms with E-state index in [1.54, 1.807) is 11.8 Å². The van der Waals surface area contributed by atoms with Gasteiger partial charge in [-0.2, -0.15) is 0 Å². The van der Waals surface area contributed by atoms with E-state index in [2.05, 4.69) is 49.9 Å². The molecular formula is C13H19NS2. The number of rotatable bonds is 4. The molecule has 0 saturated heterocycles. The van der Waals surface area contributed by atoms with Crippen molar-refractivity contribution in [3.05, 3.63) is 35.9 Å². The Balaban J connectivity index is 2.58. The molecule has 0 N–H and O–H groups in total. The lowest BCUT2D eigenvalue weighted by atomic mass is 10.2. The average molecular weight is 253 g/mol. The summed E-state index contributed by atoms with van der Waals surface area (Å²) in [4.78, 5) is 2.22. The van der Waals surface area contributed by atoms with Crippen molar-refractivity contribution in [1.82, 2.24) is 4.90 Å². The van der Waals surface area contributed by atoms with Crippen LogP contribution in [0.5, 0.6) is 0 Å². The van der Waals surface area contributed by atoms with Crippen LogP contribution >= 0.6 is 24.0 Å². The van der Waals surface area contributed by atoms with Gasteiger partial charge in [-0.15, -0.1) is 0 Å². The van der Waals surface area contributed by atoms with E-state index >= 15 is 0 Å². The average Bonchev–Trinajstić information content (AvgIpc) is 2.31. The summed E-state index contributed by atoms with van der Waals surface area (Å²) < 4.78 is 1.00. The van der Waals surface area contributed by atoms with Crippen LogP contribution in [0.25, 0.3) is 0 Å². The molecule has 1 aromatic rings. The second kappa shape index (κ2) is 6.92. The second-order valence-electron chi connectivity index (χ2n) is 3.61. The normalized spacial score (nSPS) is 12.2. The maximum absolute atomic E-state index is 5.44. The molecule has 16 heavy (non-hydrogen) atoms. The highest BCUT2D eigenvalue weighted by atomic mass is 32.2. The summed E-state index contributed by atoms with van der Waals surface area (Å²) in [5.41, 5.74) is 1.34. The van der Waals surface area contributed by atoms with E-state index in [1.807, 2.05) is 6.07 Å². The zero-order valence-corrected chi connectivity index (χ0v) is 11.8. The molecule has 0 aliphatic carbocycles. The first-order chi connectivity index (χ1) is 7.69. The summed E-state index contributed by atoms with van der Waals surface area (Å²) in [7, 11) is 0. The lowest BCUT2D eigenvalue weighted by Gasteiger charge is -2.23. The third kappa shape index (κ3) is 3.80. The number of nitrogens with zero attached hydrogens (tertiary/aromatic N) is 1. The fraction of sp³-hybridized carbons (Fsp3) is 0.462. The second-order valence-corrected chi connectivity index (χ2v) is 5.58. The molecule has 1 atom stereocenters. The molecule has 3 heteroatoms. The summed E-state index contributed by atoms with van der Waals surface area (Å²) in [5, 5.41) is 0.425. The number of thioether (sulfide) groups is 1. The van der Waals surface area contributed by atoms with Crippen molar-refractivity contribution in [1.29, 1.82) is 0 Å². The van der Waals surface area contributed by atoms with Crippen LogP contribution in [0.3, 0.4) is 0 Å². The Morgan fingerprint density at radius 3 is 2.31 bits per heavy atom. The molecule has 0 radical (unpaired) electrons. The summed E-state index contributed by atoms with van der Waals surface area (Å²) in [6, 6.07) is 10.5. The Labute approximate surface area is 108 Å². The topological polar surface area (TPSA) is 3.24 Å². The highest BCUT2D eigenvalue weighted by molar-refractivity contribution is 8.23. The molecule has 88 valence electrons. The van der Waals surface area contributed by atoms with Crippen LogP contribution in [0, 0.1) is 0 Å². The van der Waals surface area contributed by atoms with Crippen LogP contribution in [-0.2, 0) is 0 Å². The maximum atomic E-state index is 5.44. The Morgan fingerprint density at radius 2 is 1.81 bits per heavy atom. The minimum absolute atomic E-state index is 0.425. The fourth-order valence-corrected chi connectivity index (χ4v) is 3.19. The third-order valence-electron chi connectivity index (χ3n) is 2.57. The van der Waals surface area contributed by atoms with Gasteiger partial charge in [0.2, 0.25) is 0 Å². The van der Waals surface area contributed by atoms with Crippen molar-refractivity contribution in [2.24, 2.45) is 0 Å². The van der Waals surface area contributed by atoms with Crippen molar-refractivity contribution >= 4 is 28.3 Å². The number of hydrogen-bond donors (Lipinski definition) is 0. The van der Waals surface area contributed by atoms with Crippen molar-refractivity contribution in [3.8, 4) is 0 Å². The van der Waals surface area contributed by atoms with Gasteiger partial charge >= 0.3 is 0 Å². The first-order valence-corrected chi connectivity index (χ1v) is 6.98. The van der Waals surface area contributed by atoms with Gasteiger partial charge in [0.1, 0.15) is 4.32 Å². The minimum Gasteiger partial charge on any atom is -0.358 e. The number of thiocarbonyl (C=S) groups is 1. The van der Waals surface area contributed by atoms with Crippen molar-refractivity contribution < 1.29 is 0 Å². The molecular weight excluding hydrogens is 234 g/mol. The zero-order valence-electron chi connectivity index (χ0n) is 10.1. The van der Waals surface area contributed by atoms with Crippen molar-refractivity contribution in [3.63, 3.8) is 0 Å². The van der Waals surface area contributed by atoms with Crippen LogP contribution in [0.1, 0.15) is 31.6 Å². The van der Waals surface area contributed by atoms with E-state index < -0.39 is 0 Å². The fourth-order valence-electron chi connectivity index (χ4n) is 1.50. The predicted octanol–water partition coefficient (Wildman–Crippen LogP) is 4.11. The Kier molecular flexibility index (Phi) is 5.85. The van der Waals surface area contributed by atoms with Crippen LogP contribution in [0.15, 0.2) is 30.3 Å². The summed E-state index contributed by atoms with van der Waals surface area (Å²) >= 11 is 7.21. The minimum atomic E-state index is 0.425. The smallest absolute Gasteiger partial charge is 0.136 e. The van der Waals surface area contributed by atoms with Gasteiger partial charge in [-0.3, -0.25) is 0 Å². The quantitative estimate of drug-likeness (QED) is 0.744. The summed E-state index contributed by atoms with van der Waals surface area (Å²) in [5.74, 6) is 0. The van der Waals surface area contributed by atoms with Gasteiger partial charge in [-0.05, 0) is 26.3 Å². The van der Waals surface area contributed by atoms with Gasteiger partial charge in [0.15, 0.2) is 0 Å². The van der Waals surface area contributed by atoms with Gasteiger partial charge < -0.3 is 4.90 Å². The summed E-state index contributed by atoms with van der Waals surface area (Å²) in [6.07, 6.45) is 0. The number of hydrogen-bond acceptors (Lipinski definition) is 2. The summed E-state index contributed by atoms with van der Waals surface area (Å²) in [6.45, 7) is 8.47. The van der Waals surface area contributed by atoms with E-state index in [9.17, 15) is 0 Å². The van der Waals surface area contributed by atoms with E-state index in [0.29, 0.717) is 5.25 Å². The zero-order chi connectivity index (χ0) is 12.0. The van der Waals surface area contributed by atoms with Crippen molar-refractivity contribution in [2.45, 2.75) is 26.0 Å². The molecule has 0 fully saturated rings. The van der Waals surface area contributed by atoms with Crippen LogP contribution in [0.2, 0.25) is 0 Å². The lowest BCUT2D eigenvalue weighted by molar-refractivity contribution is 0.482. The van der Waals surface area contributed by atoms with E-state index in [0.717, 1.165) is 17.4 Å². The van der Waals surface area contributed by atoms with E-state index in [4.69, 9.17) is 12.2 Å². The highest BCUT2D eigenvalue weighted by Crippen LogP contribution is 2.30. The van der Waals surface area contributed by atoms with Crippen LogP contribution < -0.4 is 0 Å². The Hall–Kier alpha value is -0.540. The molecule has 1 aromatic carbocycles. The van der Waals surface area contributed by atoms with Gasteiger partial charge in [-0.1, -0.05) is 54.3 Å². The molecule has 1 unspecified atom stereocenters. The van der Waals surface area contributed by atoms with Gasteiger partial charge in [-0.25, -0.2) is 0 Å². The number of benzene rings is 1. The molecule has 1 nitrogen and oxygen atoms in total. The van der Waals surface area contributed by atoms with E-state index in [1.165, 1.54) is 5.56 Å². The molecule has 0 heterocycles. The molecule has 0 spiro atoms. The largest absolute Gasteiger partial charge is 0.358 e. The Bertz CT molecular complexity index is 320. The maximum Gasteiger partial charge on any atom is 0.136 e. The predicted molar refractivity (Wildman–Crippen MR) is 78.0 cm³/mol. The monoisotopic (exact) mass is 253 g/mol. The molecule has 1 rings (SSSR count).